The smallest absolute Gasteiger partial charge is 0.170 e. The average Bonchev–Trinajstić information content (AvgIpc) is 3.42. The molecule has 0 amide bonds. The van der Waals surface area contributed by atoms with Crippen molar-refractivity contribution >= 4 is 23.0 Å². The van der Waals surface area contributed by atoms with E-state index in [-0.39, 0.29) is 12.1 Å². The molecule has 0 bridgehead atoms. The second kappa shape index (κ2) is 10.1. The number of aromatic nitrogens is 2. The molecule has 2 N–H and O–H groups in total. The number of hydrogen-bond donors (Lipinski definition) is 2. The van der Waals surface area contributed by atoms with Crippen LogP contribution in [0.5, 0.6) is 0 Å². The Balaban J connectivity index is 1.45. The molecule has 5 rings (SSSR count). The van der Waals surface area contributed by atoms with Gasteiger partial charge in [0, 0.05) is 42.0 Å². The van der Waals surface area contributed by atoms with Gasteiger partial charge in [0.05, 0.1) is 17.8 Å². The Kier molecular flexibility index (Phi) is 6.58. The van der Waals surface area contributed by atoms with Crippen molar-refractivity contribution in [1.82, 2.24) is 19.8 Å². The lowest BCUT2D eigenvalue weighted by atomic mass is 10.0. The van der Waals surface area contributed by atoms with Gasteiger partial charge in [0.15, 0.2) is 5.11 Å². The van der Waals surface area contributed by atoms with Gasteiger partial charge in [0.25, 0.3) is 0 Å². The third-order valence-corrected chi connectivity index (χ3v) is 6.65. The van der Waals surface area contributed by atoms with Crippen molar-refractivity contribution in [1.29, 1.82) is 0 Å². The number of rotatable bonds is 8. The van der Waals surface area contributed by atoms with Gasteiger partial charge >= 0.3 is 0 Å². The van der Waals surface area contributed by atoms with E-state index in [0.717, 1.165) is 41.7 Å². The first-order valence-corrected chi connectivity index (χ1v) is 12.1. The zero-order valence-electron chi connectivity index (χ0n) is 19.3. The molecular weight excluding hydrogens is 438 g/mol. The van der Waals surface area contributed by atoms with E-state index in [4.69, 9.17) is 12.2 Å². The van der Waals surface area contributed by atoms with Crippen LogP contribution in [0.2, 0.25) is 0 Å². The van der Waals surface area contributed by atoms with Crippen LogP contribution in [-0.2, 0) is 0 Å². The number of aryl methyl sites for hydroxylation is 1. The largest absolute Gasteiger partial charge is 0.385 e. The maximum Gasteiger partial charge on any atom is 0.170 e. The summed E-state index contributed by atoms with van der Waals surface area (Å²) in [6.45, 7) is 3.88. The number of pyridine rings is 1. The lowest BCUT2D eigenvalue weighted by Crippen LogP contribution is -2.32. The maximum absolute atomic E-state index is 5.86. The summed E-state index contributed by atoms with van der Waals surface area (Å²) in [7, 11) is 0. The Hall–Kier alpha value is -3.64. The molecule has 5 nitrogen and oxygen atoms in total. The van der Waals surface area contributed by atoms with Crippen LogP contribution in [0.25, 0.3) is 5.69 Å². The molecule has 0 spiro atoms. The van der Waals surface area contributed by atoms with Gasteiger partial charge in [-0.1, -0.05) is 42.5 Å². The van der Waals surface area contributed by atoms with Crippen molar-refractivity contribution in [3.8, 4) is 5.69 Å². The van der Waals surface area contributed by atoms with Crippen LogP contribution < -0.4 is 10.6 Å². The van der Waals surface area contributed by atoms with Crippen LogP contribution in [0, 0.1) is 6.92 Å². The van der Waals surface area contributed by atoms with Crippen molar-refractivity contribution in [3.05, 3.63) is 114 Å². The number of nitrogens with one attached hydrogen (secondary N) is 2. The third kappa shape index (κ3) is 4.54. The first-order valence-electron chi connectivity index (χ1n) is 11.7. The molecule has 172 valence electrons. The van der Waals surface area contributed by atoms with E-state index >= 15 is 0 Å². The van der Waals surface area contributed by atoms with Gasteiger partial charge < -0.3 is 20.1 Å². The summed E-state index contributed by atoms with van der Waals surface area (Å²) in [5.74, 6) is 0. The van der Waals surface area contributed by atoms with E-state index in [1.807, 2.05) is 24.4 Å². The molecule has 1 aliphatic heterocycles. The third-order valence-electron chi connectivity index (χ3n) is 6.30. The molecule has 2 aromatic carbocycles. The molecule has 0 saturated carbocycles. The van der Waals surface area contributed by atoms with Gasteiger partial charge in [0.2, 0.25) is 0 Å². The second-order valence-electron chi connectivity index (χ2n) is 8.54. The molecule has 0 aliphatic carbocycles. The Bertz CT molecular complexity index is 1220. The summed E-state index contributed by atoms with van der Waals surface area (Å²) in [6.07, 6.45) is 2.82. The molecule has 3 heterocycles. The predicted octanol–water partition coefficient (Wildman–Crippen LogP) is 5.66. The first kappa shape index (κ1) is 22.2. The van der Waals surface area contributed by atoms with Crippen molar-refractivity contribution in [3.63, 3.8) is 0 Å². The molecule has 2 atom stereocenters. The molecule has 1 saturated heterocycles. The Morgan fingerprint density at radius 2 is 1.65 bits per heavy atom. The highest BCUT2D eigenvalue weighted by Crippen LogP contribution is 2.40. The van der Waals surface area contributed by atoms with E-state index in [0.29, 0.717) is 0 Å². The van der Waals surface area contributed by atoms with Crippen molar-refractivity contribution in [2.24, 2.45) is 0 Å². The molecular formula is C28H29N5S. The van der Waals surface area contributed by atoms with Gasteiger partial charge in [-0.2, -0.15) is 0 Å². The number of thiocarbonyl (C=S) groups is 1. The minimum atomic E-state index is -0.0208. The predicted molar refractivity (Wildman–Crippen MR) is 142 cm³/mol. The van der Waals surface area contributed by atoms with E-state index in [2.05, 4.69) is 105 Å². The molecule has 2 aromatic heterocycles. The highest BCUT2D eigenvalue weighted by Gasteiger charge is 2.41. The van der Waals surface area contributed by atoms with E-state index < -0.39 is 0 Å². The van der Waals surface area contributed by atoms with Crippen LogP contribution in [0.4, 0.5) is 5.69 Å². The summed E-state index contributed by atoms with van der Waals surface area (Å²) < 4.78 is 2.34. The molecule has 0 radical (unpaired) electrons. The lowest BCUT2D eigenvalue weighted by molar-refractivity contribution is 0.307. The number of anilines is 1. The Morgan fingerprint density at radius 3 is 2.38 bits per heavy atom. The minimum absolute atomic E-state index is 0.0208. The van der Waals surface area contributed by atoms with E-state index in [1.165, 1.54) is 11.4 Å². The number of hydrogen-bond acceptors (Lipinski definition) is 3. The highest BCUT2D eigenvalue weighted by molar-refractivity contribution is 7.80. The van der Waals surface area contributed by atoms with Crippen LogP contribution in [0.1, 0.15) is 35.6 Å². The number of para-hydroxylation sites is 2. The summed E-state index contributed by atoms with van der Waals surface area (Å²) in [5.41, 5.74) is 5.70. The van der Waals surface area contributed by atoms with Crippen molar-refractivity contribution in [2.45, 2.75) is 25.4 Å². The van der Waals surface area contributed by atoms with Gasteiger partial charge in [-0.3, -0.25) is 4.98 Å². The topological polar surface area (TPSA) is 45.1 Å². The van der Waals surface area contributed by atoms with Crippen LogP contribution >= 0.6 is 12.2 Å². The second-order valence-corrected chi connectivity index (χ2v) is 8.92. The van der Waals surface area contributed by atoms with Gasteiger partial charge in [-0.25, -0.2) is 0 Å². The monoisotopic (exact) mass is 467 g/mol. The quantitative estimate of drug-likeness (QED) is 0.259. The van der Waals surface area contributed by atoms with Gasteiger partial charge in [0.1, 0.15) is 0 Å². The zero-order valence-corrected chi connectivity index (χ0v) is 20.1. The Morgan fingerprint density at radius 1 is 0.912 bits per heavy atom. The summed E-state index contributed by atoms with van der Waals surface area (Å²) in [6, 6.07) is 31.4. The molecule has 1 fully saturated rings. The van der Waals surface area contributed by atoms with E-state index in [1.54, 1.807) is 0 Å². The van der Waals surface area contributed by atoms with Crippen LogP contribution in [-0.4, -0.2) is 32.7 Å². The average molecular weight is 468 g/mol. The fourth-order valence-corrected chi connectivity index (χ4v) is 5.06. The summed E-state index contributed by atoms with van der Waals surface area (Å²) >= 11 is 5.86. The summed E-state index contributed by atoms with van der Waals surface area (Å²) in [4.78, 5) is 7.01. The molecule has 1 aliphatic rings. The molecule has 34 heavy (non-hydrogen) atoms. The minimum Gasteiger partial charge on any atom is -0.385 e. The normalized spacial score (nSPS) is 17.6. The molecule has 4 aromatic rings. The number of nitrogens with zero attached hydrogens (tertiary/aromatic N) is 3. The fourth-order valence-electron chi connectivity index (χ4n) is 4.73. The highest BCUT2D eigenvalue weighted by atomic mass is 32.1. The lowest BCUT2D eigenvalue weighted by Gasteiger charge is -2.29. The fraction of sp³-hybridized carbons (Fsp3) is 0.214. The first-order chi connectivity index (χ1) is 16.7. The SMILES string of the molecule is Cc1ccc([C@H]2[C@@H](c3ccccn3)NC(=S)N2CCCNc2ccccc2)n1-c1ccccc1. The summed E-state index contributed by atoms with van der Waals surface area (Å²) in [5, 5.41) is 7.87. The van der Waals surface area contributed by atoms with Crippen LogP contribution in [0.15, 0.2) is 97.2 Å². The van der Waals surface area contributed by atoms with Crippen LogP contribution in [0.3, 0.4) is 0 Å². The van der Waals surface area contributed by atoms with Crippen molar-refractivity contribution < 1.29 is 0 Å². The van der Waals surface area contributed by atoms with E-state index in [9.17, 15) is 0 Å². The molecule has 0 unspecified atom stereocenters. The Labute approximate surface area is 206 Å². The maximum atomic E-state index is 5.86. The zero-order chi connectivity index (χ0) is 23.3. The van der Waals surface area contributed by atoms with Gasteiger partial charge in [-0.05, 0) is 74.1 Å². The molecule has 6 heteroatoms. The number of benzene rings is 2. The van der Waals surface area contributed by atoms with Crippen molar-refractivity contribution in [2.75, 3.05) is 18.4 Å². The van der Waals surface area contributed by atoms with Gasteiger partial charge in [-0.15, -0.1) is 0 Å². The standard InChI is InChI=1S/C28H29N5S/c1-21-16-17-25(33(21)23-13-6-3-7-14-23)27-26(24-15-8-9-18-30-24)31-28(34)32(27)20-10-19-29-22-11-4-2-5-12-22/h2-9,11-18,26-27,29H,10,19-20H2,1H3,(H,31,34)/t26-,27+/m1/s1.